The lowest BCUT2D eigenvalue weighted by Crippen LogP contribution is -2.39. The van der Waals surface area contributed by atoms with Gasteiger partial charge in [0.25, 0.3) is 5.91 Å². The lowest BCUT2D eigenvalue weighted by Gasteiger charge is -2.27. The molecular weight excluding hydrogens is 381 g/mol. The first-order chi connectivity index (χ1) is 10.1. The Hall–Kier alpha value is -1.11. The number of nitrogens with one attached hydrogen (secondary N) is 1. The van der Waals surface area contributed by atoms with Crippen molar-refractivity contribution < 1.29 is 14.3 Å². The van der Waals surface area contributed by atoms with Gasteiger partial charge in [-0.25, -0.2) is 0 Å². The fourth-order valence-corrected chi connectivity index (χ4v) is 2.96. The van der Waals surface area contributed by atoms with Crippen LogP contribution < -0.4 is 5.32 Å². The van der Waals surface area contributed by atoms with E-state index in [0.717, 1.165) is 29.3 Å². The number of amides is 1. The molecule has 0 spiro atoms. The van der Waals surface area contributed by atoms with Crippen molar-refractivity contribution in [1.82, 2.24) is 5.32 Å². The van der Waals surface area contributed by atoms with Gasteiger partial charge in [0.05, 0.1) is 12.5 Å². The Morgan fingerprint density at radius 1 is 1.19 bits per heavy atom. The van der Waals surface area contributed by atoms with Crippen LogP contribution in [0.3, 0.4) is 0 Å². The van der Waals surface area contributed by atoms with E-state index in [-0.39, 0.29) is 23.8 Å². The van der Waals surface area contributed by atoms with Gasteiger partial charge in [-0.05, 0) is 79.5 Å². The van der Waals surface area contributed by atoms with Gasteiger partial charge in [-0.3, -0.25) is 9.59 Å². The van der Waals surface area contributed by atoms with E-state index in [2.05, 4.69) is 27.9 Å². The van der Waals surface area contributed by atoms with Gasteiger partial charge < -0.3 is 10.1 Å². The molecule has 0 unspecified atom stereocenters. The maximum Gasteiger partial charge on any atom is 0.308 e. The van der Waals surface area contributed by atoms with Crippen LogP contribution >= 0.6 is 22.6 Å². The summed E-state index contributed by atoms with van der Waals surface area (Å²) in [4.78, 5) is 23.8. The second-order valence-corrected chi connectivity index (χ2v) is 6.53. The fourth-order valence-electron chi connectivity index (χ4n) is 2.60. The van der Waals surface area contributed by atoms with Gasteiger partial charge >= 0.3 is 5.97 Å². The highest BCUT2D eigenvalue weighted by Gasteiger charge is 2.28. The highest BCUT2D eigenvalue weighted by molar-refractivity contribution is 14.1. The molecule has 1 saturated carbocycles. The molecule has 0 radical (unpaired) electrons. The first kappa shape index (κ1) is 16.3. The lowest BCUT2D eigenvalue weighted by atomic mass is 9.86. The smallest absolute Gasteiger partial charge is 0.308 e. The van der Waals surface area contributed by atoms with Crippen molar-refractivity contribution in [3.05, 3.63) is 33.4 Å². The van der Waals surface area contributed by atoms with Gasteiger partial charge in [-0.2, -0.15) is 0 Å². The molecule has 0 aliphatic heterocycles. The number of carbonyl (C=O) groups is 2. The van der Waals surface area contributed by atoms with Gasteiger partial charge in [0.2, 0.25) is 0 Å². The second kappa shape index (κ2) is 7.77. The number of carbonyl (C=O) groups excluding carboxylic acids is 2. The molecule has 0 bridgehead atoms. The zero-order chi connectivity index (χ0) is 15.2. The number of hydrogen-bond acceptors (Lipinski definition) is 3. The van der Waals surface area contributed by atoms with Gasteiger partial charge in [0.1, 0.15) is 0 Å². The molecule has 1 fully saturated rings. The zero-order valence-electron chi connectivity index (χ0n) is 12.1. The van der Waals surface area contributed by atoms with E-state index in [1.165, 1.54) is 0 Å². The van der Waals surface area contributed by atoms with Crippen LogP contribution in [-0.4, -0.2) is 24.5 Å². The molecule has 4 nitrogen and oxygen atoms in total. The fraction of sp³-hybridized carbons (Fsp3) is 0.500. The summed E-state index contributed by atoms with van der Waals surface area (Å²) < 4.78 is 6.16. The highest BCUT2D eigenvalue weighted by atomic mass is 127. The summed E-state index contributed by atoms with van der Waals surface area (Å²) in [5.74, 6) is -0.137. The number of hydrogen-bond donors (Lipinski definition) is 1. The first-order valence-electron chi connectivity index (χ1n) is 7.33. The van der Waals surface area contributed by atoms with Crippen LogP contribution in [0.1, 0.15) is 43.0 Å². The van der Waals surface area contributed by atoms with Crippen LogP contribution in [0.5, 0.6) is 0 Å². The van der Waals surface area contributed by atoms with Crippen molar-refractivity contribution >= 4 is 34.5 Å². The normalized spacial score (nSPS) is 21.6. The largest absolute Gasteiger partial charge is 0.466 e. The molecule has 21 heavy (non-hydrogen) atoms. The average Bonchev–Trinajstić information content (AvgIpc) is 2.49. The van der Waals surface area contributed by atoms with Crippen LogP contribution in [0, 0.1) is 9.49 Å². The molecule has 1 aromatic carbocycles. The Kier molecular flexibility index (Phi) is 6.02. The number of esters is 1. The van der Waals surface area contributed by atoms with Crippen LogP contribution in [0.2, 0.25) is 0 Å². The molecule has 0 saturated heterocycles. The molecule has 0 aromatic heterocycles. The summed E-state index contributed by atoms with van der Waals surface area (Å²) >= 11 is 2.21. The van der Waals surface area contributed by atoms with Crippen molar-refractivity contribution in [2.45, 2.75) is 38.6 Å². The third-order valence-electron chi connectivity index (χ3n) is 3.79. The monoisotopic (exact) mass is 401 g/mol. The summed E-state index contributed by atoms with van der Waals surface area (Å²) in [5.41, 5.74) is 0.683. The Balaban J connectivity index is 1.82. The summed E-state index contributed by atoms with van der Waals surface area (Å²) in [6, 6.07) is 7.67. The Morgan fingerprint density at radius 2 is 1.81 bits per heavy atom. The van der Waals surface area contributed by atoms with E-state index in [0.29, 0.717) is 12.2 Å². The van der Waals surface area contributed by atoms with Crippen molar-refractivity contribution in [2.75, 3.05) is 6.61 Å². The van der Waals surface area contributed by atoms with Crippen molar-refractivity contribution in [2.24, 2.45) is 5.92 Å². The molecule has 0 atom stereocenters. The molecule has 2 rings (SSSR count). The topological polar surface area (TPSA) is 55.4 Å². The molecule has 1 N–H and O–H groups in total. The molecule has 114 valence electrons. The third-order valence-corrected chi connectivity index (χ3v) is 4.51. The van der Waals surface area contributed by atoms with Crippen molar-refractivity contribution in [3.8, 4) is 0 Å². The number of ether oxygens (including phenoxy) is 1. The minimum atomic E-state index is -0.0973. The molecule has 1 aliphatic rings. The molecule has 1 amide bonds. The third kappa shape index (κ3) is 4.69. The number of halogens is 1. The summed E-state index contributed by atoms with van der Waals surface area (Å²) in [6.45, 7) is 2.26. The van der Waals surface area contributed by atoms with E-state index >= 15 is 0 Å². The predicted octanol–water partition coefficient (Wildman–Crippen LogP) is 3.14. The van der Waals surface area contributed by atoms with Gasteiger partial charge in [0, 0.05) is 15.2 Å². The molecular formula is C16H20INO3. The maximum absolute atomic E-state index is 12.1. The minimum Gasteiger partial charge on any atom is -0.466 e. The van der Waals surface area contributed by atoms with Crippen LogP contribution in [0.15, 0.2) is 24.3 Å². The standard InChI is InChI=1S/C16H20INO3/c1-2-21-16(20)12-5-9-14(10-6-12)18-15(19)11-3-7-13(17)8-4-11/h3-4,7-8,12,14H,2,5-6,9-10H2,1H3,(H,18,19). The maximum atomic E-state index is 12.1. The van der Waals surface area contributed by atoms with E-state index in [1.54, 1.807) is 0 Å². The van der Waals surface area contributed by atoms with Crippen molar-refractivity contribution in [3.63, 3.8) is 0 Å². The first-order valence-corrected chi connectivity index (χ1v) is 8.41. The van der Waals surface area contributed by atoms with Crippen molar-refractivity contribution in [1.29, 1.82) is 0 Å². The molecule has 5 heteroatoms. The predicted molar refractivity (Wildman–Crippen MR) is 89.0 cm³/mol. The van der Waals surface area contributed by atoms with Crippen LogP contribution in [-0.2, 0) is 9.53 Å². The summed E-state index contributed by atoms with van der Waals surface area (Å²) in [6.07, 6.45) is 3.24. The van der Waals surface area contributed by atoms with Gasteiger partial charge in [-0.1, -0.05) is 0 Å². The summed E-state index contributed by atoms with van der Waals surface area (Å²) in [5, 5.41) is 3.05. The average molecular weight is 401 g/mol. The van der Waals surface area contributed by atoms with E-state index < -0.39 is 0 Å². The second-order valence-electron chi connectivity index (χ2n) is 5.28. The van der Waals surface area contributed by atoms with Crippen LogP contribution in [0.25, 0.3) is 0 Å². The van der Waals surface area contributed by atoms with E-state index in [1.807, 2.05) is 31.2 Å². The quantitative estimate of drug-likeness (QED) is 0.623. The van der Waals surface area contributed by atoms with Gasteiger partial charge in [-0.15, -0.1) is 0 Å². The molecule has 1 aliphatic carbocycles. The Bertz CT molecular complexity index is 493. The van der Waals surface area contributed by atoms with E-state index in [9.17, 15) is 9.59 Å². The SMILES string of the molecule is CCOC(=O)C1CCC(NC(=O)c2ccc(I)cc2)CC1. The minimum absolute atomic E-state index is 0.00333. The zero-order valence-corrected chi connectivity index (χ0v) is 14.3. The molecule has 1 aromatic rings. The van der Waals surface area contributed by atoms with Crippen LogP contribution in [0.4, 0.5) is 0 Å². The highest BCUT2D eigenvalue weighted by Crippen LogP contribution is 2.25. The van der Waals surface area contributed by atoms with E-state index in [4.69, 9.17) is 4.74 Å². The number of benzene rings is 1. The Labute approximate surface area is 138 Å². The van der Waals surface area contributed by atoms with Gasteiger partial charge in [0.15, 0.2) is 0 Å². The number of rotatable bonds is 4. The lowest BCUT2D eigenvalue weighted by molar-refractivity contribution is -0.149. The molecule has 0 heterocycles. The Morgan fingerprint density at radius 3 is 2.38 bits per heavy atom. The summed E-state index contributed by atoms with van der Waals surface area (Å²) in [7, 11) is 0.